The fraction of sp³-hybridized carbons (Fsp3) is 0.375. The highest BCUT2D eigenvalue weighted by molar-refractivity contribution is 6.42. The van der Waals surface area contributed by atoms with Crippen molar-refractivity contribution in [2.75, 3.05) is 33.3 Å². The van der Waals surface area contributed by atoms with Gasteiger partial charge in [-0.15, -0.1) is 12.4 Å². The van der Waals surface area contributed by atoms with E-state index in [1.807, 2.05) is 71.6 Å². The summed E-state index contributed by atoms with van der Waals surface area (Å²) in [6.07, 6.45) is 1.51. The van der Waals surface area contributed by atoms with Crippen LogP contribution in [0.3, 0.4) is 0 Å². The van der Waals surface area contributed by atoms with Crippen LogP contribution in [0.1, 0.15) is 47.2 Å². The highest BCUT2D eigenvalue weighted by Crippen LogP contribution is 2.47. The van der Waals surface area contributed by atoms with Crippen molar-refractivity contribution in [2.24, 2.45) is 11.7 Å². The summed E-state index contributed by atoms with van der Waals surface area (Å²) in [4.78, 5) is 30.9. The molecule has 41 heavy (non-hydrogen) atoms. The molecule has 0 spiro atoms. The monoisotopic (exact) mass is 615 g/mol. The lowest BCUT2D eigenvalue weighted by molar-refractivity contribution is -0.126. The normalized spacial score (nSPS) is 23.5. The van der Waals surface area contributed by atoms with Gasteiger partial charge in [-0.2, -0.15) is 0 Å². The van der Waals surface area contributed by atoms with E-state index in [-0.39, 0.29) is 36.2 Å². The number of ether oxygens (including phenoxy) is 1. The van der Waals surface area contributed by atoms with Crippen LogP contribution in [-0.4, -0.2) is 60.9 Å². The molecule has 2 heterocycles. The second-order valence-corrected chi connectivity index (χ2v) is 11.8. The molecule has 4 atom stereocenters. The second-order valence-electron chi connectivity index (χ2n) is 10.9. The molecule has 2 amide bonds. The lowest BCUT2D eigenvalue weighted by Crippen LogP contribution is -2.57. The lowest BCUT2D eigenvalue weighted by Gasteiger charge is -2.49. The van der Waals surface area contributed by atoms with Crippen molar-refractivity contribution in [3.8, 4) is 5.75 Å². The maximum absolute atomic E-state index is 13.3. The van der Waals surface area contributed by atoms with Crippen LogP contribution in [0.5, 0.6) is 5.75 Å². The van der Waals surface area contributed by atoms with E-state index >= 15 is 0 Å². The van der Waals surface area contributed by atoms with Crippen LogP contribution in [0.25, 0.3) is 0 Å². The van der Waals surface area contributed by atoms with Crippen molar-refractivity contribution in [3.63, 3.8) is 0 Å². The smallest absolute Gasteiger partial charge is 0.253 e. The molecule has 2 aliphatic heterocycles. The Morgan fingerprint density at radius 3 is 2.32 bits per heavy atom. The first-order valence-corrected chi connectivity index (χ1v) is 14.5. The Morgan fingerprint density at radius 1 is 0.976 bits per heavy atom. The zero-order valence-corrected chi connectivity index (χ0v) is 25.6. The zero-order chi connectivity index (χ0) is 28.4. The largest absolute Gasteiger partial charge is 0.497 e. The molecule has 3 aromatic carbocycles. The average Bonchev–Trinajstić information content (AvgIpc) is 3.48. The predicted octanol–water partition coefficient (Wildman–Crippen LogP) is 6.19. The number of likely N-dealkylation sites (tertiary alicyclic amines) is 2. The molecule has 0 saturated carbocycles. The van der Waals surface area contributed by atoms with Crippen molar-refractivity contribution in [3.05, 3.63) is 99.5 Å². The number of carbonyl (C=O) groups excluding carboxylic acids is 2. The van der Waals surface area contributed by atoms with Crippen molar-refractivity contribution in [2.45, 2.75) is 37.1 Å². The van der Waals surface area contributed by atoms with Gasteiger partial charge in [0.15, 0.2) is 0 Å². The molecule has 2 saturated heterocycles. The number of carbonyl (C=O) groups is 2. The standard InChI is InChI=1S/C32H35Cl2N3O3.ClH/c1-21(24-14-16-37(19-24)30(38)22-8-11-26(40-2)12-9-22)36-17-15-32(31(35)39,25-6-4-3-5-7-25)27(20-36)23-10-13-28(33)29(34)18-23;/h3-13,18,21,24,27H,14-17,19-20H2,1-2H3,(H2,35,39);1H. The van der Waals surface area contributed by atoms with E-state index in [1.165, 1.54) is 0 Å². The predicted molar refractivity (Wildman–Crippen MR) is 166 cm³/mol. The number of amides is 2. The van der Waals surface area contributed by atoms with Crippen LogP contribution in [0, 0.1) is 5.92 Å². The van der Waals surface area contributed by atoms with Crippen molar-refractivity contribution in [1.29, 1.82) is 0 Å². The van der Waals surface area contributed by atoms with Gasteiger partial charge in [0.1, 0.15) is 5.75 Å². The van der Waals surface area contributed by atoms with Gasteiger partial charge in [-0.1, -0.05) is 59.6 Å². The van der Waals surface area contributed by atoms with E-state index < -0.39 is 5.41 Å². The van der Waals surface area contributed by atoms with Crippen molar-refractivity contribution < 1.29 is 14.3 Å². The molecule has 2 aliphatic rings. The number of rotatable bonds is 7. The van der Waals surface area contributed by atoms with E-state index in [4.69, 9.17) is 33.7 Å². The molecule has 5 rings (SSSR count). The van der Waals surface area contributed by atoms with E-state index in [0.29, 0.717) is 41.0 Å². The Morgan fingerprint density at radius 2 is 1.68 bits per heavy atom. The van der Waals surface area contributed by atoms with Crippen LogP contribution in [0.2, 0.25) is 10.0 Å². The molecule has 0 bridgehead atoms. The first kappa shape index (κ1) is 31.2. The van der Waals surface area contributed by atoms with E-state index in [9.17, 15) is 9.59 Å². The van der Waals surface area contributed by atoms with E-state index in [0.717, 1.165) is 36.4 Å². The molecule has 0 aliphatic carbocycles. The molecule has 6 nitrogen and oxygen atoms in total. The van der Waals surface area contributed by atoms with Crippen LogP contribution in [-0.2, 0) is 10.2 Å². The summed E-state index contributed by atoms with van der Waals surface area (Å²) in [5.74, 6) is 0.542. The molecule has 2 N–H and O–H groups in total. The van der Waals surface area contributed by atoms with Gasteiger partial charge in [0.05, 0.1) is 22.6 Å². The summed E-state index contributed by atoms with van der Waals surface area (Å²) in [5, 5.41) is 0.933. The molecule has 9 heteroatoms. The summed E-state index contributed by atoms with van der Waals surface area (Å²) >= 11 is 12.7. The quantitative estimate of drug-likeness (QED) is 0.344. The minimum absolute atomic E-state index is 0. The van der Waals surface area contributed by atoms with E-state index in [2.05, 4.69) is 11.8 Å². The summed E-state index contributed by atoms with van der Waals surface area (Å²) in [6, 6.07) is 22.9. The molecule has 2 fully saturated rings. The highest BCUT2D eigenvalue weighted by Gasteiger charge is 2.51. The van der Waals surface area contributed by atoms with Crippen LogP contribution in [0.15, 0.2) is 72.8 Å². The lowest BCUT2D eigenvalue weighted by atomic mass is 9.62. The number of benzene rings is 3. The summed E-state index contributed by atoms with van der Waals surface area (Å²) in [5.41, 5.74) is 7.88. The number of hydrogen-bond acceptors (Lipinski definition) is 4. The summed E-state index contributed by atoms with van der Waals surface area (Å²) in [6.45, 7) is 5.01. The van der Waals surface area contributed by atoms with Gasteiger partial charge in [-0.3, -0.25) is 14.5 Å². The van der Waals surface area contributed by atoms with E-state index in [1.54, 1.807) is 13.2 Å². The van der Waals surface area contributed by atoms with Gasteiger partial charge in [0.2, 0.25) is 5.91 Å². The Kier molecular flexibility index (Phi) is 9.91. The summed E-state index contributed by atoms with van der Waals surface area (Å²) in [7, 11) is 1.61. The highest BCUT2D eigenvalue weighted by atomic mass is 35.5. The van der Waals surface area contributed by atoms with Crippen molar-refractivity contribution >= 4 is 47.4 Å². The fourth-order valence-corrected chi connectivity index (χ4v) is 6.87. The van der Waals surface area contributed by atoms with Gasteiger partial charge in [-0.25, -0.2) is 0 Å². The van der Waals surface area contributed by atoms with Gasteiger partial charge in [-0.05, 0) is 79.8 Å². The van der Waals surface area contributed by atoms with Gasteiger partial charge in [0, 0.05) is 37.2 Å². The van der Waals surface area contributed by atoms with Crippen LogP contribution >= 0.6 is 35.6 Å². The number of nitrogens with two attached hydrogens (primary N) is 1. The molecular weight excluding hydrogens is 581 g/mol. The topological polar surface area (TPSA) is 75.9 Å². The molecule has 3 aromatic rings. The van der Waals surface area contributed by atoms with Crippen LogP contribution in [0.4, 0.5) is 0 Å². The fourth-order valence-electron chi connectivity index (χ4n) is 6.56. The molecule has 4 unspecified atom stereocenters. The van der Waals surface area contributed by atoms with Crippen molar-refractivity contribution in [1.82, 2.24) is 9.80 Å². The molecular formula is C32H36Cl3N3O3. The third-order valence-electron chi connectivity index (χ3n) is 8.99. The number of methoxy groups -OCH3 is 1. The first-order chi connectivity index (χ1) is 19.2. The maximum atomic E-state index is 13.3. The number of piperidine rings is 1. The van der Waals surface area contributed by atoms with Gasteiger partial charge < -0.3 is 15.4 Å². The van der Waals surface area contributed by atoms with Gasteiger partial charge in [0.25, 0.3) is 5.91 Å². The zero-order valence-electron chi connectivity index (χ0n) is 23.3. The molecule has 0 aromatic heterocycles. The Hall–Kier alpha value is -2.77. The Bertz CT molecular complexity index is 1370. The average molecular weight is 617 g/mol. The number of nitrogens with zero attached hydrogens (tertiary/aromatic N) is 2. The molecule has 0 radical (unpaired) electrons. The number of hydrogen-bond donors (Lipinski definition) is 1. The maximum Gasteiger partial charge on any atom is 0.253 e. The Balaban J connectivity index is 0.00000387. The van der Waals surface area contributed by atoms with Gasteiger partial charge >= 0.3 is 0 Å². The van der Waals surface area contributed by atoms with Crippen LogP contribution < -0.4 is 10.5 Å². The third-order valence-corrected chi connectivity index (χ3v) is 9.73. The minimum atomic E-state index is -0.874. The number of halogens is 3. The third kappa shape index (κ3) is 6.07. The SMILES string of the molecule is COc1ccc(C(=O)N2CCC(C(C)N3CCC(C(N)=O)(c4ccccc4)C(c4ccc(Cl)c(Cl)c4)C3)C2)cc1.Cl. The second kappa shape index (κ2) is 13.0. The summed E-state index contributed by atoms with van der Waals surface area (Å²) < 4.78 is 5.23. The number of primary amides is 1. The minimum Gasteiger partial charge on any atom is -0.497 e. The Labute approximate surface area is 258 Å². The molecule has 218 valence electrons. The first-order valence-electron chi connectivity index (χ1n) is 13.7.